The number of amides is 4. The minimum absolute atomic E-state index is 0.0213. The number of methoxy groups -OCH3 is 2. The lowest BCUT2D eigenvalue weighted by atomic mass is 9.90. The molecule has 390 valence electrons. The van der Waals surface area contributed by atoms with Gasteiger partial charge in [-0.3, -0.25) is 24.1 Å². The molecule has 1 aromatic rings. The fourth-order valence-corrected chi connectivity index (χ4v) is 7.73. The van der Waals surface area contributed by atoms with Crippen LogP contribution in [0.5, 0.6) is 0 Å². The second-order valence-electron chi connectivity index (χ2n) is 17.8. The average molecular weight is 954 g/mol. The zero-order chi connectivity index (χ0) is 51.6. The Hall–Kier alpha value is -3.67. The van der Waals surface area contributed by atoms with E-state index in [0.717, 1.165) is 25.0 Å². The zero-order valence-corrected chi connectivity index (χ0v) is 44.6. The molecule has 5 unspecified atom stereocenters. The topological polar surface area (TPSA) is 191 Å². The highest BCUT2D eigenvalue weighted by Crippen LogP contribution is 2.24. The first-order chi connectivity index (χ1) is 31.7. The third kappa shape index (κ3) is 26.0. The van der Waals surface area contributed by atoms with Crippen molar-refractivity contribution in [2.24, 2.45) is 29.4 Å². The largest absolute Gasteiger partial charge is 0.480 e. The number of nitrogens with two attached hydrogens (primary N) is 1. The van der Waals surface area contributed by atoms with Crippen molar-refractivity contribution in [2.75, 3.05) is 94.6 Å². The van der Waals surface area contributed by atoms with Gasteiger partial charge in [-0.05, 0) is 43.2 Å². The molecule has 0 spiro atoms. The molecule has 67 heavy (non-hydrogen) atoms. The quantitative estimate of drug-likeness (QED) is 0.0738. The second-order valence-corrected chi connectivity index (χ2v) is 17.8. The van der Waals surface area contributed by atoms with Gasteiger partial charge in [-0.1, -0.05) is 113 Å². The van der Waals surface area contributed by atoms with Crippen LogP contribution in [0, 0.1) is 23.7 Å². The van der Waals surface area contributed by atoms with E-state index < -0.39 is 30.1 Å². The number of hydrogen-bond donors (Lipinski definition) is 2. The first-order valence-electron chi connectivity index (χ1n) is 24.6. The molecular formula is C51H95N5O11. The summed E-state index contributed by atoms with van der Waals surface area (Å²) >= 11 is 0. The van der Waals surface area contributed by atoms with Crippen LogP contribution in [0.3, 0.4) is 0 Å². The summed E-state index contributed by atoms with van der Waals surface area (Å²) in [5.41, 5.74) is 6.22. The van der Waals surface area contributed by atoms with Gasteiger partial charge >= 0.3 is 5.97 Å². The Morgan fingerprint density at radius 2 is 1.22 bits per heavy atom. The lowest BCUT2D eigenvalue weighted by molar-refractivity contribution is -0.153. The first kappa shape index (κ1) is 65.4. The van der Waals surface area contributed by atoms with E-state index in [1.807, 2.05) is 90.7 Å². The summed E-state index contributed by atoms with van der Waals surface area (Å²) in [7, 11) is 8.24. The van der Waals surface area contributed by atoms with E-state index in [4.69, 9.17) is 29.4 Å². The van der Waals surface area contributed by atoms with E-state index in [1.165, 1.54) is 19.1 Å². The summed E-state index contributed by atoms with van der Waals surface area (Å²) in [5, 5.41) is 9.93. The molecule has 16 heteroatoms. The number of carbonyl (C=O) groups excluding carboxylic acids is 4. The van der Waals surface area contributed by atoms with Gasteiger partial charge in [0.05, 0.1) is 69.7 Å². The third-order valence-electron chi connectivity index (χ3n) is 11.7. The Morgan fingerprint density at radius 3 is 1.67 bits per heavy atom. The minimum Gasteiger partial charge on any atom is -0.480 e. The smallest absolute Gasteiger partial charge is 0.326 e. The van der Waals surface area contributed by atoms with E-state index >= 15 is 0 Å². The van der Waals surface area contributed by atoms with Crippen molar-refractivity contribution in [3.05, 3.63) is 35.9 Å². The number of ether oxygens (including phenoxy) is 5. The number of carboxylic acid groups (broad SMARTS) is 1. The Kier molecular flexibility index (Phi) is 37.3. The molecule has 0 radical (unpaired) electrons. The molecule has 16 nitrogen and oxygen atoms in total. The molecule has 0 aromatic heterocycles. The molecule has 0 aliphatic carbocycles. The van der Waals surface area contributed by atoms with Gasteiger partial charge in [0.1, 0.15) is 6.04 Å². The Balaban J connectivity index is 0. The van der Waals surface area contributed by atoms with E-state index in [0.29, 0.717) is 59.0 Å². The van der Waals surface area contributed by atoms with Crippen LogP contribution in [0.25, 0.3) is 0 Å². The fourth-order valence-electron chi connectivity index (χ4n) is 7.73. The Morgan fingerprint density at radius 1 is 0.687 bits per heavy atom. The van der Waals surface area contributed by atoms with Crippen LogP contribution in [0.1, 0.15) is 114 Å². The highest BCUT2D eigenvalue weighted by molar-refractivity contribution is 5.85. The lowest BCUT2D eigenvalue weighted by Crippen LogP contribution is -2.52. The molecule has 0 saturated heterocycles. The van der Waals surface area contributed by atoms with Gasteiger partial charge in [0.25, 0.3) is 0 Å². The lowest BCUT2D eigenvalue weighted by Gasteiger charge is -2.39. The van der Waals surface area contributed by atoms with Crippen LogP contribution >= 0.6 is 0 Å². The van der Waals surface area contributed by atoms with E-state index in [9.17, 15) is 29.1 Å². The summed E-state index contributed by atoms with van der Waals surface area (Å²) < 4.78 is 27.8. The number of nitrogens with zero attached hydrogens (tertiary/aromatic N) is 4. The van der Waals surface area contributed by atoms with Crippen LogP contribution in [0.4, 0.5) is 0 Å². The summed E-state index contributed by atoms with van der Waals surface area (Å²) in [6.45, 7) is 26.8. The van der Waals surface area contributed by atoms with Gasteiger partial charge in [0.15, 0.2) is 0 Å². The summed E-state index contributed by atoms with van der Waals surface area (Å²) in [6, 6.07) is 7.61. The predicted molar refractivity (Wildman–Crippen MR) is 267 cm³/mol. The summed E-state index contributed by atoms with van der Waals surface area (Å²) in [4.78, 5) is 70.5. The van der Waals surface area contributed by atoms with Gasteiger partial charge in [-0.2, -0.15) is 0 Å². The number of aliphatic carboxylic acids is 1. The number of primary amides is 1. The van der Waals surface area contributed by atoms with Crippen molar-refractivity contribution in [1.29, 1.82) is 0 Å². The monoisotopic (exact) mass is 954 g/mol. The van der Waals surface area contributed by atoms with Gasteiger partial charge in [0, 0.05) is 67.4 Å². The molecule has 0 heterocycles. The van der Waals surface area contributed by atoms with Gasteiger partial charge in [-0.15, -0.1) is 0 Å². The molecule has 7 atom stereocenters. The van der Waals surface area contributed by atoms with Crippen molar-refractivity contribution < 1.29 is 52.8 Å². The number of carboxylic acids is 1. The zero-order valence-electron chi connectivity index (χ0n) is 44.6. The van der Waals surface area contributed by atoms with Crippen molar-refractivity contribution >= 4 is 29.6 Å². The summed E-state index contributed by atoms with van der Waals surface area (Å²) in [6.07, 6.45) is 2.03. The van der Waals surface area contributed by atoms with Crippen molar-refractivity contribution in [3.63, 3.8) is 0 Å². The van der Waals surface area contributed by atoms with Crippen LogP contribution in [-0.2, 0) is 54.1 Å². The van der Waals surface area contributed by atoms with Crippen LogP contribution in [0.2, 0.25) is 0 Å². The van der Waals surface area contributed by atoms with Crippen LogP contribution in [0.15, 0.2) is 30.3 Å². The van der Waals surface area contributed by atoms with Crippen molar-refractivity contribution in [2.45, 2.75) is 145 Å². The Labute approximate surface area is 405 Å². The van der Waals surface area contributed by atoms with Gasteiger partial charge in [-0.25, -0.2) is 4.79 Å². The number of hydrogen-bond acceptors (Lipinski definition) is 11. The van der Waals surface area contributed by atoms with Gasteiger partial charge in [0.2, 0.25) is 23.6 Å². The normalized spacial score (nSPS) is 14.4. The first-order valence-corrected chi connectivity index (χ1v) is 24.6. The molecule has 0 saturated carbocycles. The highest BCUT2D eigenvalue weighted by Gasteiger charge is 2.37. The summed E-state index contributed by atoms with van der Waals surface area (Å²) in [5.74, 6) is -2.08. The molecule has 0 aliphatic rings. The Bertz CT molecular complexity index is 1470. The maximum atomic E-state index is 13.8. The third-order valence-corrected chi connectivity index (χ3v) is 11.7. The molecule has 0 fully saturated rings. The SMILES string of the molecule is CC.CCCN(C[C@H](OC)C(C)C(=O)N(C)[C@H](Cc1ccccc1)C(=O)O)C(=O)CC(OC)C(C(C)CC)N(C)C(=O)CC(C)C.CCCOCCOCCOCCN(C)C(C(N)=O)C(C)C. The number of benzene rings is 1. The molecular weight excluding hydrogens is 859 g/mol. The maximum absolute atomic E-state index is 13.8. The standard InChI is InChI=1S/C34H57N3O7.C15H32N2O4.C2H6/c1-11-18-37(31(39)21-28(43-9)32(24(5)12-2)36(8)30(38)19-23(3)4)22-29(44-10)25(6)33(40)35(7)27(34(41)42)20-26-16-14-13-15-17-26;1-5-7-19-9-11-21-12-10-20-8-6-17(4)14(13(2)3)15(16)18;1-2/h13-17,23-25,27-29,32H,11-12,18-22H2,1-10H3,(H,41,42);13-14H,5-12H2,1-4H3,(H2,16,18);1-2H3/t24?,25?,27-,28?,29+,32?;;/m1../s1. The van der Waals surface area contributed by atoms with Crippen molar-refractivity contribution in [1.82, 2.24) is 19.6 Å². The molecule has 4 amide bonds. The van der Waals surface area contributed by atoms with Crippen LogP contribution < -0.4 is 5.73 Å². The van der Waals surface area contributed by atoms with E-state index in [1.54, 1.807) is 30.9 Å². The van der Waals surface area contributed by atoms with Gasteiger partial charge < -0.3 is 49.2 Å². The highest BCUT2D eigenvalue weighted by atomic mass is 16.5. The van der Waals surface area contributed by atoms with Crippen LogP contribution in [-0.4, -0.2) is 179 Å². The number of likely N-dealkylation sites (N-methyl/N-ethyl adjacent to an activating group) is 3. The number of carbonyl (C=O) groups is 5. The maximum Gasteiger partial charge on any atom is 0.326 e. The second kappa shape index (κ2) is 38.2. The molecule has 0 bridgehead atoms. The van der Waals surface area contributed by atoms with E-state index in [-0.39, 0.29) is 72.9 Å². The average Bonchev–Trinajstić information content (AvgIpc) is 3.29. The predicted octanol–water partition coefficient (Wildman–Crippen LogP) is 6.27. The molecule has 3 N–H and O–H groups in total. The molecule has 1 rings (SSSR count). The number of rotatable bonds is 34. The molecule has 0 aliphatic heterocycles. The molecule has 1 aromatic carbocycles. The van der Waals surface area contributed by atoms with Crippen molar-refractivity contribution in [3.8, 4) is 0 Å². The minimum atomic E-state index is -1.09. The fraction of sp³-hybridized carbons (Fsp3) is 0.784. The van der Waals surface area contributed by atoms with E-state index in [2.05, 4.69) is 20.8 Å².